The second kappa shape index (κ2) is 6.98. The molecule has 2 aromatic carbocycles. The number of hydrogen-bond donors (Lipinski definition) is 2. The molecule has 2 amide bonds. The first-order valence-electron chi connectivity index (χ1n) is 7.58. The maximum Gasteiger partial charge on any atom is 0.282 e. The van der Waals surface area contributed by atoms with Gasteiger partial charge in [0.2, 0.25) is 0 Å². The van der Waals surface area contributed by atoms with E-state index >= 15 is 0 Å². The van der Waals surface area contributed by atoms with Crippen LogP contribution in [0.5, 0.6) is 11.5 Å². The van der Waals surface area contributed by atoms with Gasteiger partial charge in [-0.15, -0.1) is 0 Å². The van der Waals surface area contributed by atoms with Crippen molar-refractivity contribution in [1.29, 1.82) is 0 Å². The molecule has 1 heterocycles. The second-order valence-electron chi connectivity index (χ2n) is 5.26. The third-order valence-corrected chi connectivity index (χ3v) is 4.17. The molecule has 1 fully saturated rings. The van der Waals surface area contributed by atoms with Crippen LogP contribution in [0.4, 0.5) is 5.69 Å². The summed E-state index contributed by atoms with van der Waals surface area (Å²) in [6.45, 7) is 2.17. The van der Waals surface area contributed by atoms with Crippen LogP contribution in [-0.2, 0) is 9.59 Å². The largest absolute Gasteiger partial charge is 0.503 e. The molecule has 0 atom stereocenters. The van der Waals surface area contributed by atoms with E-state index in [1.807, 2.05) is 6.07 Å². The number of carbonyl (C=O) groups excluding carboxylic acids is 2. The van der Waals surface area contributed by atoms with Crippen molar-refractivity contribution < 1.29 is 19.4 Å². The van der Waals surface area contributed by atoms with E-state index in [1.54, 1.807) is 43.3 Å². The average Bonchev–Trinajstić information content (AvgIpc) is 2.88. The van der Waals surface area contributed by atoms with Gasteiger partial charge in [0.15, 0.2) is 11.5 Å². The number of anilines is 1. The predicted molar refractivity (Wildman–Crippen MR) is 97.0 cm³/mol. The molecule has 0 unspecified atom stereocenters. The Morgan fingerprint density at radius 1 is 1.24 bits per heavy atom. The molecule has 1 aliphatic rings. The molecule has 0 bridgehead atoms. The number of rotatable bonds is 4. The summed E-state index contributed by atoms with van der Waals surface area (Å²) in [7, 11) is 0. The topological polar surface area (TPSA) is 78.9 Å². The Bertz CT molecular complexity index is 865. The molecule has 0 aliphatic carbocycles. The second-order valence-corrected chi connectivity index (χ2v) is 6.11. The molecule has 128 valence electrons. The quantitative estimate of drug-likeness (QED) is 0.608. The third kappa shape index (κ3) is 3.36. The number of phenolic OH excluding ortho intramolecular Hbond substituents is 1. The number of ether oxygens (including phenoxy) is 1. The van der Waals surface area contributed by atoms with E-state index in [1.165, 1.54) is 11.1 Å². The smallest absolute Gasteiger partial charge is 0.282 e. The summed E-state index contributed by atoms with van der Waals surface area (Å²) < 4.78 is 5.77. The Morgan fingerprint density at radius 2 is 1.96 bits per heavy atom. The summed E-state index contributed by atoms with van der Waals surface area (Å²) >= 11 is 3.24. The normalized spacial score (nSPS) is 15.6. The number of benzene rings is 2. The van der Waals surface area contributed by atoms with E-state index in [0.717, 1.165) is 0 Å². The molecule has 0 radical (unpaired) electrons. The van der Waals surface area contributed by atoms with Crippen molar-refractivity contribution in [3.63, 3.8) is 0 Å². The van der Waals surface area contributed by atoms with Crippen molar-refractivity contribution in [3.05, 3.63) is 58.1 Å². The van der Waals surface area contributed by atoms with Gasteiger partial charge in [-0.05, 0) is 58.8 Å². The summed E-state index contributed by atoms with van der Waals surface area (Å²) in [5.74, 6) is -0.694. The highest BCUT2D eigenvalue weighted by molar-refractivity contribution is 9.10. The van der Waals surface area contributed by atoms with E-state index in [9.17, 15) is 14.7 Å². The molecule has 2 N–H and O–H groups in total. The lowest BCUT2D eigenvalue weighted by Crippen LogP contribution is -2.35. The molecular weight excluding hydrogens is 388 g/mol. The van der Waals surface area contributed by atoms with Crippen LogP contribution < -0.4 is 15.2 Å². The van der Waals surface area contributed by atoms with E-state index in [-0.39, 0.29) is 17.1 Å². The van der Waals surface area contributed by atoms with Crippen LogP contribution in [0.1, 0.15) is 12.5 Å². The lowest BCUT2D eigenvalue weighted by molar-refractivity contribution is -0.117. The first-order valence-corrected chi connectivity index (χ1v) is 8.38. The molecule has 2 aromatic rings. The number of phenols is 1. The van der Waals surface area contributed by atoms with Crippen LogP contribution in [-0.4, -0.2) is 23.5 Å². The molecule has 3 rings (SSSR count). The van der Waals surface area contributed by atoms with E-state index in [4.69, 9.17) is 4.74 Å². The number of aromatic hydroxyl groups is 1. The summed E-state index contributed by atoms with van der Waals surface area (Å²) in [6, 6.07) is 12.0. The number of hydrogen-bond acceptors (Lipinski definition) is 4. The van der Waals surface area contributed by atoms with E-state index in [2.05, 4.69) is 21.4 Å². The number of amides is 2. The first-order chi connectivity index (χ1) is 12.0. The van der Waals surface area contributed by atoms with Crippen LogP contribution in [0.3, 0.4) is 0 Å². The fourth-order valence-corrected chi connectivity index (χ4v) is 2.89. The summed E-state index contributed by atoms with van der Waals surface area (Å²) in [4.78, 5) is 24.8. The van der Waals surface area contributed by atoms with Crippen LogP contribution in [0.25, 0.3) is 6.08 Å². The van der Waals surface area contributed by atoms with Gasteiger partial charge in [0.25, 0.3) is 11.8 Å². The van der Waals surface area contributed by atoms with Crippen LogP contribution in [0, 0.1) is 0 Å². The van der Waals surface area contributed by atoms with Gasteiger partial charge in [-0.3, -0.25) is 15.0 Å². The standard InChI is InChI=1S/C18H15BrN2O4/c1-2-25-15-10-11(9-14(19)16(15)22)8-13-17(23)20-21(18(13)24)12-6-4-3-5-7-12/h3-10,22H,2H2,1H3,(H,20,23). The van der Waals surface area contributed by atoms with Gasteiger partial charge < -0.3 is 9.84 Å². The molecule has 1 saturated heterocycles. The van der Waals surface area contributed by atoms with E-state index < -0.39 is 11.8 Å². The SMILES string of the molecule is CCOc1cc(C=C2C(=O)NN(c3ccccc3)C2=O)cc(Br)c1O. The molecule has 1 aliphatic heterocycles. The zero-order valence-corrected chi connectivity index (χ0v) is 14.9. The summed E-state index contributed by atoms with van der Waals surface area (Å²) in [5.41, 5.74) is 3.68. The van der Waals surface area contributed by atoms with Gasteiger partial charge in [-0.25, -0.2) is 5.01 Å². The zero-order valence-electron chi connectivity index (χ0n) is 13.3. The minimum atomic E-state index is -0.490. The Kier molecular flexibility index (Phi) is 4.76. The summed E-state index contributed by atoms with van der Waals surface area (Å²) in [6.07, 6.45) is 1.47. The van der Waals surface area contributed by atoms with Crippen molar-refractivity contribution >= 4 is 39.5 Å². The highest BCUT2D eigenvalue weighted by Gasteiger charge is 2.34. The number of hydrazine groups is 1. The van der Waals surface area contributed by atoms with E-state index in [0.29, 0.717) is 22.3 Å². The number of nitrogens with one attached hydrogen (secondary N) is 1. The number of nitrogens with zero attached hydrogens (tertiary/aromatic N) is 1. The maximum atomic E-state index is 12.6. The maximum absolute atomic E-state index is 12.6. The molecule has 0 spiro atoms. The Balaban J connectivity index is 1.96. The van der Waals surface area contributed by atoms with Gasteiger partial charge >= 0.3 is 0 Å². The first kappa shape index (κ1) is 17.0. The van der Waals surface area contributed by atoms with Crippen molar-refractivity contribution in [1.82, 2.24) is 5.43 Å². The third-order valence-electron chi connectivity index (χ3n) is 3.57. The van der Waals surface area contributed by atoms with Gasteiger partial charge in [-0.2, -0.15) is 0 Å². The van der Waals surface area contributed by atoms with Crippen molar-refractivity contribution in [3.8, 4) is 11.5 Å². The molecule has 0 saturated carbocycles. The molecular formula is C18H15BrN2O4. The Hall–Kier alpha value is -2.80. The lowest BCUT2D eigenvalue weighted by atomic mass is 10.1. The number of para-hydroxylation sites is 1. The number of carbonyl (C=O) groups is 2. The molecule has 0 aromatic heterocycles. The number of halogens is 1. The summed E-state index contributed by atoms with van der Waals surface area (Å²) in [5, 5.41) is 11.2. The molecule has 25 heavy (non-hydrogen) atoms. The van der Waals surface area contributed by atoms with Crippen molar-refractivity contribution in [2.24, 2.45) is 0 Å². The highest BCUT2D eigenvalue weighted by Crippen LogP contribution is 2.36. The molecule has 6 nitrogen and oxygen atoms in total. The van der Waals surface area contributed by atoms with Crippen molar-refractivity contribution in [2.75, 3.05) is 11.6 Å². The van der Waals surface area contributed by atoms with Crippen LogP contribution in [0.2, 0.25) is 0 Å². The van der Waals surface area contributed by atoms with Crippen LogP contribution >= 0.6 is 15.9 Å². The minimum Gasteiger partial charge on any atom is -0.503 e. The predicted octanol–water partition coefficient (Wildman–Crippen LogP) is 3.01. The highest BCUT2D eigenvalue weighted by atomic mass is 79.9. The van der Waals surface area contributed by atoms with Crippen LogP contribution in [0.15, 0.2) is 52.5 Å². The zero-order chi connectivity index (χ0) is 18.0. The van der Waals surface area contributed by atoms with Gasteiger partial charge in [0.1, 0.15) is 5.57 Å². The Labute approximate surface area is 152 Å². The fraction of sp³-hybridized carbons (Fsp3) is 0.111. The van der Waals surface area contributed by atoms with Gasteiger partial charge in [-0.1, -0.05) is 18.2 Å². The van der Waals surface area contributed by atoms with Gasteiger partial charge in [0, 0.05) is 0 Å². The monoisotopic (exact) mass is 402 g/mol. The minimum absolute atomic E-state index is 0.00360. The Morgan fingerprint density at radius 3 is 2.64 bits per heavy atom. The average molecular weight is 403 g/mol. The van der Waals surface area contributed by atoms with Crippen molar-refractivity contribution in [2.45, 2.75) is 6.92 Å². The lowest BCUT2D eigenvalue weighted by Gasteiger charge is -2.13. The fourth-order valence-electron chi connectivity index (χ4n) is 2.43. The van der Waals surface area contributed by atoms with Gasteiger partial charge in [0.05, 0.1) is 16.8 Å². The molecule has 7 heteroatoms.